The first-order valence-corrected chi connectivity index (χ1v) is 5.67. The molecule has 0 saturated carbocycles. The number of rotatable bonds is 5. The maximum Gasteiger partial charge on any atom is 0.145 e. The zero-order chi connectivity index (χ0) is 12.0. The molecular weight excluding hydrogens is 221 g/mol. The summed E-state index contributed by atoms with van der Waals surface area (Å²) in [4.78, 5) is 0. The van der Waals surface area contributed by atoms with Crippen LogP contribution in [-0.4, -0.2) is 13.7 Å². The highest BCUT2D eigenvalue weighted by Crippen LogP contribution is 2.34. The van der Waals surface area contributed by atoms with Crippen LogP contribution in [0.3, 0.4) is 0 Å². The number of anilines is 2. The molecule has 0 amide bonds. The molecule has 1 atom stereocenters. The lowest BCUT2D eigenvalue weighted by Crippen LogP contribution is -2.04. The van der Waals surface area contributed by atoms with E-state index < -0.39 is 0 Å². The minimum absolute atomic E-state index is 0.573. The van der Waals surface area contributed by atoms with Gasteiger partial charge in [-0.3, -0.25) is 0 Å². The normalized spacial score (nSPS) is 9.38. The van der Waals surface area contributed by atoms with Gasteiger partial charge in [-0.05, 0) is 21.9 Å². The predicted molar refractivity (Wildman–Crippen MR) is 69.8 cm³/mol. The van der Waals surface area contributed by atoms with Crippen molar-refractivity contribution in [2.24, 2.45) is 0 Å². The molecule has 0 heterocycles. The lowest BCUT2D eigenvalue weighted by molar-refractivity contribution is 0.416. The third-order valence-corrected chi connectivity index (χ3v) is 2.47. The van der Waals surface area contributed by atoms with Gasteiger partial charge >= 0.3 is 0 Å². The molecule has 5 heteroatoms. The fraction of sp³-hybridized carbons (Fsp3) is 0.364. The fourth-order valence-electron chi connectivity index (χ4n) is 1.39. The van der Waals surface area contributed by atoms with Gasteiger partial charge in [0.25, 0.3) is 0 Å². The van der Waals surface area contributed by atoms with Gasteiger partial charge in [-0.1, -0.05) is 6.92 Å². The Balaban J connectivity index is 3.16. The number of hydrogen-bond acceptors (Lipinski definition) is 4. The van der Waals surface area contributed by atoms with E-state index in [1.54, 1.807) is 19.2 Å². The van der Waals surface area contributed by atoms with Crippen molar-refractivity contribution in [3.63, 3.8) is 0 Å². The van der Waals surface area contributed by atoms with Crippen molar-refractivity contribution in [2.45, 2.75) is 13.3 Å². The van der Waals surface area contributed by atoms with Crippen LogP contribution in [0.5, 0.6) is 5.75 Å². The van der Waals surface area contributed by atoms with Crippen LogP contribution in [0.1, 0.15) is 18.9 Å². The smallest absolute Gasteiger partial charge is 0.145 e. The van der Waals surface area contributed by atoms with E-state index in [1.165, 1.54) is 0 Å². The van der Waals surface area contributed by atoms with Gasteiger partial charge in [0, 0.05) is 12.6 Å². The van der Waals surface area contributed by atoms with Crippen molar-refractivity contribution in [1.82, 2.24) is 0 Å². The van der Waals surface area contributed by atoms with Crippen LogP contribution < -0.4 is 15.1 Å². The number of nitrogens with zero attached hydrogens (tertiary/aromatic N) is 1. The quantitative estimate of drug-likeness (QED) is 0.773. The summed E-state index contributed by atoms with van der Waals surface area (Å²) in [7, 11) is 4.02. The summed E-state index contributed by atoms with van der Waals surface area (Å²) >= 11 is 0. The first-order valence-electron chi connectivity index (χ1n) is 5.09. The summed E-state index contributed by atoms with van der Waals surface area (Å²) in [6.07, 6.45) is 1.03. The summed E-state index contributed by atoms with van der Waals surface area (Å²) in [5.74, 6) is 0.678. The fourth-order valence-corrected chi connectivity index (χ4v) is 1.61. The third-order valence-electron chi connectivity index (χ3n) is 2.16. The molecule has 2 N–H and O–H groups in total. The first kappa shape index (κ1) is 12.6. The molecule has 0 saturated heterocycles. The molecule has 1 unspecified atom stereocenters. The largest absolute Gasteiger partial charge is 0.494 e. The number of nitriles is 1. The Hall–Kier alpha value is -1.46. The number of nitrogens with one attached hydrogen (secondary N) is 2. The molecule has 86 valence electrons. The van der Waals surface area contributed by atoms with E-state index in [0.717, 1.165) is 24.3 Å². The number of ether oxygens (including phenoxy) is 1. The number of benzene rings is 1. The van der Waals surface area contributed by atoms with Gasteiger partial charge in [-0.25, -0.2) is 0 Å². The minimum atomic E-state index is 0.573. The lowest BCUT2D eigenvalue weighted by Gasteiger charge is -2.15. The topological polar surface area (TPSA) is 57.1 Å². The Labute approximate surface area is 98.2 Å². The molecule has 16 heavy (non-hydrogen) atoms. The number of methoxy groups -OCH3 is 1. The molecular formula is C11H16N3OP. The highest BCUT2D eigenvalue weighted by atomic mass is 31.0. The van der Waals surface area contributed by atoms with Crippen molar-refractivity contribution < 1.29 is 4.74 Å². The molecule has 1 aromatic rings. The standard InChI is InChI=1S/C11H16N3OP/c1-3-4-13-11-9(14-16)5-8(7-12)6-10(11)15-2/h5-6,13-14H,3-4,16H2,1-2H3. The highest BCUT2D eigenvalue weighted by molar-refractivity contribution is 7.18. The second-order valence-electron chi connectivity index (χ2n) is 3.28. The van der Waals surface area contributed by atoms with E-state index in [9.17, 15) is 0 Å². The predicted octanol–water partition coefficient (Wildman–Crippen LogP) is 2.59. The summed E-state index contributed by atoms with van der Waals surface area (Å²) in [6.45, 7) is 2.96. The van der Waals surface area contributed by atoms with Crippen LogP contribution in [0.25, 0.3) is 0 Å². The molecule has 0 aliphatic heterocycles. The van der Waals surface area contributed by atoms with Crippen molar-refractivity contribution >= 4 is 20.8 Å². The van der Waals surface area contributed by atoms with Crippen LogP contribution in [0.15, 0.2) is 12.1 Å². The molecule has 0 spiro atoms. The lowest BCUT2D eigenvalue weighted by atomic mass is 10.1. The van der Waals surface area contributed by atoms with Crippen molar-refractivity contribution in [2.75, 3.05) is 24.1 Å². The Morgan fingerprint density at radius 2 is 2.25 bits per heavy atom. The summed E-state index contributed by atoms with van der Waals surface area (Å²) in [6, 6.07) is 5.61. The van der Waals surface area contributed by atoms with E-state index in [1.807, 2.05) is 0 Å². The van der Waals surface area contributed by atoms with Crippen LogP contribution in [0.4, 0.5) is 11.4 Å². The minimum Gasteiger partial charge on any atom is -0.494 e. The van der Waals surface area contributed by atoms with Crippen LogP contribution in [0.2, 0.25) is 0 Å². The number of hydrogen-bond donors (Lipinski definition) is 2. The Morgan fingerprint density at radius 1 is 1.50 bits per heavy atom. The molecule has 0 aliphatic rings. The van der Waals surface area contributed by atoms with E-state index in [0.29, 0.717) is 11.3 Å². The van der Waals surface area contributed by atoms with E-state index >= 15 is 0 Å². The Kier molecular flexibility index (Phi) is 4.88. The summed E-state index contributed by atoms with van der Waals surface area (Å²) < 4.78 is 5.26. The Bertz CT molecular complexity index is 376. The maximum atomic E-state index is 8.88. The average Bonchev–Trinajstić information content (AvgIpc) is 2.35. The van der Waals surface area contributed by atoms with Crippen LogP contribution in [-0.2, 0) is 0 Å². The van der Waals surface area contributed by atoms with Gasteiger partial charge in [-0.2, -0.15) is 5.26 Å². The van der Waals surface area contributed by atoms with Crippen LogP contribution >= 0.6 is 9.39 Å². The summed E-state index contributed by atoms with van der Waals surface area (Å²) in [5.41, 5.74) is 2.30. The maximum absolute atomic E-state index is 8.88. The highest BCUT2D eigenvalue weighted by Gasteiger charge is 2.10. The van der Waals surface area contributed by atoms with Gasteiger partial charge in [-0.15, -0.1) is 0 Å². The monoisotopic (exact) mass is 237 g/mol. The zero-order valence-electron chi connectivity index (χ0n) is 9.50. The van der Waals surface area contributed by atoms with Gasteiger partial charge in [0.2, 0.25) is 0 Å². The van der Waals surface area contributed by atoms with E-state index in [4.69, 9.17) is 10.00 Å². The molecule has 4 nitrogen and oxygen atoms in total. The third kappa shape index (κ3) is 2.77. The van der Waals surface area contributed by atoms with Gasteiger partial charge < -0.3 is 15.1 Å². The van der Waals surface area contributed by atoms with Gasteiger partial charge in [0.1, 0.15) is 11.4 Å². The zero-order valence-corrected chi connectivity index (χ0v) is 10.7. The summed E-state index contributed by atoms with van der Waals surface area (Å²) in [5, 5.41) is 15.1. The molecule has 0 aliphatic carbocycles. The van der Waals surface area contributed by atoms with Crippen molar-refractivity contribution in [3.8, 4) is 11.8 Å². The molecule has 0 radical (unpaired) electrons. The van der Waals surface area contributed by atoms with E-state index in [-0.39, 0.29) is 0 Å². The SMILES string of the molecule is CCCNc1c(NP)cc(C#N)cc1OC. The molecule has 1 rings (SSSR count). The van der Waals surface area contributed by atoms with Crippen molar-refractivity contribution in [1.29, 1.82) is 5.26 Å². The van der Waals surface area contributed by atoms with Crippen LogP contribution in [0, 0.1) is 11.3 Å². The molecule has 1 aromatic carbocycles. The molecule has 0 bridgehead atoms. The molecule has 0 aromatic heterocycles. The Morgan fingerprint density at radius 3 is 2.75 bits per heavy atom. The van der Waals surface area contributed by atoms with Crippen molar-refractivity contribution in [3.05, 3.63) is 17.7 Å². The van der Waals surface area contributed by atoms with Gasteiger partial charge in [0.15, 0.2) is 0 Å². The average molecular weight is 237 g/mol. The molecule has 0 fully saturated rings. The van der Waals surface area contributed by atoms with Gasteiger partial charge in [0.05, 0.1) is 24.4 Å². The van der Waals surface area contributed by atoms with E-state index in [2.05, 4.69) is 32.8 Å². The second kappa shape index (κ2) is 6.19. The first-order chi connectivity index (χ1) is 7.76. The second-order valence-corrected chi connectivity index (χ2v) is 3.57.